The van der Waals surface area contributed by atoms with E-state index >= 15 is 0 Å². The van der Waals surface area contributed by atoms with Crippen LogP contribution in [0.4, 0.5) is 11.4 Å². The maximum atomic E-state index is 8.73. The molecule has 0 atom stereocenters. The minimum Gasteiger partial charge on any atom is -0.487 e. The van der Waals surface area contributed by atoms with Gasteiger partial charge in [-0.3, -0.25) is 5.41 Å². The first-order chi connectivity index (χ1) is 14.2. The molecule has 0 unspecified atom stereocenters. The summed E-state index contributed by atoms with van der Waals surface area (Å²) in [6.45, 7) is 2.15. The van der Waals surface area contributed by atoms with Gasteiger partial charge in [0, 0.05) is 37.1 Å². The standard InChI is InChI=1S/C22H25N3O4/c1-4-16-6-5-7-17(12-16)25-15-24-19-14-21(29-11-9-27-3)20(28-10-8-26-2)13-18(19)22(25)23/h1,5-7,12-14,23-24H,8-11,15H2,2-3H3. The van der Waals surface area contributed by atoms with E-state index in [1.807, 2.05) is 41.3 Å². The van der Waals surface area contributed by atoms with Gasteiger partial charge in [-0.15, -0.1) is 6.42 Å². The van der Waals surface area contributed by atoms with Crippen LogP contribution < -0.4 is 19.7 Å². The lowest BCUT2D eigenvalue weighted by atomic mass is 10.1. The van der Waals surface area contributed by atoms with Gasteiger partial charge >= 0.3 is 0 Å². The summed E-state index contributed by atoms with van der Waals surface area (Å²) in [7, 11) is 3.24. The molecule has 152 valence electrons. The maximum Gasteiger partial charge on any atom is 0.163 e. The van der Waals surface area contributed by atoms with Crippen LogP contribution >= 0.6 is 0 Å². The lowest BCUT2D eigenvalue weighted by molar-refractivity contribution is 0.132. The maximum absolute atomic E-state index is 8.73. The van der Waals surface area contributed by atoms with E-state index in [0.717, 1.165) is 16.9 Å². The number of amidine groups is 1. The molecule has 7 nitrogen and oxygen atoms in total. The van der Waals surface area contributed by atoms with Crippen molar-refractivity contribution in [2.24, 2.45) is 0 Å². The number of fused-ring (bicyclic) bond motifs is 1. The van der Waals surface area contributed by atoms with Crippen LogP contribution in [0, 0.1) is 17.8 Å². The number of methoxy groups -OCH3 is 2. The van der Waals surface area contributed by atoms with Gasteiger partial charge in [-0.1, -0.05) is 12.0 Å². The third-order valence-corrected chi connectivity index (χ3v) is 4.45. The molecule has 2 aromatic rings. The Labute approximate surface area is 171 Å². The van der Waals surface area contributed by atoms with E-state index in [9.17, 15) is 0 Å². The molecule has 0 radical (unpaired) electrons. The Balaban J connectivity index is 1.90. The van der Waals surface area contributed by atoms with Crippen molar-refractivity contribution in [3.8, 4) is 23.8 Å². The van der Waals surface area contributed by atoms with E-state index in [1.165, 1.54) is 0 Å². The van der Waals surface area contributed by atoms with E-state index in [4.69, 9.17) is 30.8 Å². The lowest BCUT2D eigenvalue weighted by Gasteiger charge is -2.33. The monoisotopic (exact) mass is 395 g/mol. The molecule has 0 spiro atoms. The van der Waals surface area contributed by atoms with Crippen LogP contribution in [0.15, 0.2) is 36.4 Å². The first kappa shape index (κ1) is 20.5. The highest BCUT2D eigenvalue weighted by molar-refractivity contribution is 6.13. The van der Waals surface area contributed by atoms with E-state index in [1.54, 1.807) is 14.2 Å². The number of nitrogens with zero attached hydrogens (tertiary/aromatic N) is 1. The quantitative estimate of drug-likeness (QED) is 0.502. The zero-order valence-corrected chi connectivity index (χ0v) is 16.7. The number of rotatable bonds is 9. The molecular formula is C22H25N3O4. The van der Waals surface area contributed by atoms with Crippen LogP contribution in [0.5, 0.6) is 11.5 Å². The third kappa shape index (κ3) is 4.80. The first-order valence-corrected chi connectivity index (χ1v) is 9.26. The molecule has 0 aromatic heterocycles. The molecule has 1 heterocycles. The molecule has 7 heteroatoms. The second kappa shape index (κ2) is 9.82. The predicted octanol–water partition coefficient (Wildman–Crippen LogP) is 2.93. The Bertz CT molecular complexity index is 907. The summed E-state index contributed by atoms with van der Waals surface area (Å²) in [6.07, 6.45) is 5.52. The van der Waals surface area contributed by atoms with Gasteiger partial charge in [0.25, 0.3) is 0 Å². The molecule has 0 saturated heterocycles. The number of hydrogen-bond acceptors (Lipinski definition) is 6. The van der Waals surface area contributed by atoms with Gasteiger partial charge in [-0.05, 0) is 24.3 Å². The Morgan fingerprint density at radius 3 is 2.38 bits per heavy atom. The van der Waals surface area contributed by atoms with E-state index in [2.05, 4.69) is 11.2 Å². The number of terminal acetylenes is 1. The fourth-order valence-electron chi connectivity index (χ4n) is 2.97. The summed E-state index contributed by atoms with van der Waals surface area (Å²) in [5, 5.41) is 12.1. The Kier molecular flexibility index (Phi) is 6.95. The van der Waals surface area contributed by atoms with Crippen molar-refractivity contribution in [2.75, 3.05) is 57.5 Å². The fraction of sp³-hybridized carbons (Fsp3) is 0.318. The van der Waals surface area contributed by atoms with Crippen molar-refractivity contribution in [1.29, 1.82) is 5.41 Å². The van der Waals surface area contributed by atoms with Gasteiger partial charge in [-0.2, -0.15) is 0 Å². The normalized spacial score (nSPS) is 12.7. The van der Waals surface area contributed by atoms with E-state index in [-0.39, 0.29) is 0 Å². The summed E-state index contributed by atoms with van der Waals surface area (Å²) in [5.74, 6) is 4.14. The van der Waals surface area contributed by atoms with Crippen molar-refractivity contribution in [3.63, 3.8) is 0 Å². The van der Waals surface area contributed by atoms with Crippen molar-refractivity contribution in [1.82, 2.24) is 0 Å². The highest BCUT2D eigenvalue weighted by atomic mass is 16.5. The van der Waals surface area contributed by atoms with E-state index in [0.29, 0.717) is 56.0 Å². The van der Waals surface area contributed by atoms with Crippen LogP contribution in [0.25, 0.3) is 0 Å². The van der Waals surface area contributed by atoms with Crippen molar-refractivity contribution in [3.05, 3.63) is 47.5 Å². The van der Waals surface area contributed by atoms with Crippen LogP contribution in [-0.4, -0.2) is 53.2 Å². The highest BCUT2D eigenvalue weighted by Gasteiger charge is 2.25. The zero-order valence-electron chi connectivity index (χ0n) is 16.7. The van der Waals surface area contributed by atoms with Crippen molar-refractivity contribution in [2.45, 2.75) is 0 Å². The Hall–Kier alpha value is -3.21. The number of ether oxygens (including phenoxy) is 4. The smallest absolute Gasteiger partial charge is 0.163 e. The number of hydrogen-bond donors (Lipinski definition) is 2. The second-order valence-electron chi connectivity index (χ2n) is 6.33. The molecule has 0 amide bonds. The lowest BCUT2D eigenvalue weighted by Crippen LogP contribution is -2.40. The van der Waals surface area contributed by atoms with Crippen LogP contribution in [0.1, 0.15) is 11.1 Å². The van der Waals surface area contributed by atoms with Gasteiger partial charge < -0.3 is 29.2 Å². The second-order valence-corrected chi connectivity index (χ2v) is 6.33. The summed E-state index contributed by atoms with van der Waals surface area (Å²) in [4.78, 5) is 1.85. The highest BCUT2D eigenvalue weighted by Crippen LogP contribution is 2.37. The SMILES string of the molecule is C#Cc1cccc(N2CNc3cc(OCCOC)c(OCCOC)cc3C2=N)c1. The minimum atomic E-state index is 0.355. The van der Waals surface area contributed by atoms with E-state index < -0.39 is 0 Å². The van der Waals surface area contributed by atoms with Gasteiger partial charge in [-0.25, -0.2) is 0 Å². The van der Waals surface area contributed by atoms with Gasteiger partial charge in [0.05, 0.1) is 25.6 Å². The summed E-state index contributed by atoms with van der Waals surface area (Å²) in [5.41, 5.74) is 3.15. The Morgan fingerprint density at radius 1 is 1.03 bits per heavy atom. The first-order valence-electron chi connectivity index (χ1n) is 9.26. The number of anilines is 2. The molecule has 1 aliphatic rings. The van der Waals surface area contributed by atoms with Gasteiger partial charge in [0.1, 0.15) is 19.0 Å². The number of benzene rings is 2. The minimum absolute atomic E-state index is 0.355. The van der Waals surface area contributed by atoms with Crippen molar-refractivity contribution >= 4 is 17.2 Å². The predicted molar refractivity (Wildman–Crippen MR) is 113 cm³/mol. The molecule has 1 aliphatic heterocycles. The number of nitrogens with one attached hydrogen (secondary N) is 2. The summed E-state index contributed by atoms with van der Waals surface area (Å²) < 4.78 is 21.8. The van der Waals surface area contributed by atoms with Gasteiger partial charge in [0.2, 0.25) is 0 Å². The molecule has 29 heavy (non-hydrogen) atoms. The van der Waals surface area contributed by atoms with Crippen molar-refractivity contribution < 1.29 is 18.9 Å². The van der Waals surface area contributed by atoms with Gasteiger partial charge in [0.15, 0.2) is 11.5 Å². The van der Waals surface area contributed by atoms with Crippen LogP contribution in [-0.2, 0) is 9.47 Å². The van der Waals surface area contributed by atoms with Crippen LogP contribution in [0.3, 0.4) is 0 Å². The molecule has 3 rings (SSSR count). The molecular weight excluding hydrogens is 370 g/mol. The zero-order chi connectivity index (χ0) is 20.6. The molecule has 0 saturated carbocycles. The topological polar surface area (TPSA) is 76.0 Å². The summed E-state index contributed by atoms with van der Waals surface area (Å²) >= 11 is 0. The summed E-state index contributed by atoms with van der Waals surface area (Å²) in [6, 6.07) is 11.2. The fourth-order valence-corrected chi connectivity index (χ4v) is 2.97. The average molecular weight is 395 g/mol. The third-order valence-electron chi connectivity index (χ3n) is 4.45. The van der Waals surface area contributed by atoms with Crippen LogP contribution in [0.2, 0.25) is 0 Å². The molecule has 0 bridgehead atoms. The molecule has 0 aliphatic carbocycles. The Morgan fingerprint density at radius 2 is 1.72 bits per heavy atom. The molecule has 2 N–H and O–H groups in total. The molecule has 2 aromatic carbocycles. The largest absolute Gasteiger partial charge is 0.487 e. The molecule has 0 fully saturated rings. The average Bonchev–Trinajstić information content (AvgIpc) is 2.75.